The van der Waals surface area contributed by atoms with E-state index in [1.807, 2.05) is 18.6 Å². The SMILES string of the molecule is Cc1ccc(-c2cnc3c(N4CCOCC4)nccn23)cc1. The van der Waals surface area contributed by atoms with Gasteiger partial charge in [-0.2, -0.15) is 0 Å². The lowest BCUT2D eigenvalue weighted by Gasteiger charge is -2.27. The van der Waals surface area contributed by atoms with E-state index in [0.29, 0.717) is 0 Å². The van der Waals surface area contributed by atoms with Crippen molar-refractivity contribution in [3.05, 3.63) is 48.4 Å². The van der Waals surface area contributed by atoms with E-state index in [9.17, 15) is 0 Å². The molecule has 0 aliphatic carbocycles. The molecule has 3 heterocycles. The number of hydrogen-bond acceptors (Lipinski definition) is 4. The second-order valence-electron chi connectivity index (χ2n) is 5.55. The average Bonchev–Trinajstić information content (AvgIpc) is 3.00. The van der Waals surface area contributed by atoms with Gasteiger partial charge >= 0.3 is 0 Å². The average molecular weight is 294 g/mol. The summed E-state index contributed by atoms with van der Waals surface area (Å²) < 4.78 is 7.54. The molecule has 0 saturated carbocycles. The summed E-state index contributed by atoms with van der Waals surface area (Å²) in [5, 5.41) is 0. The van der Waals surface area contributed by atoms with Gasteiger partial charge in [0.25, 0.3) is 0 Å². The summed E-state index contributed by atoms with van der Waals surface area (Å²) in [6, 6.07) is 8.51. The van der Waals surface area contributed by atoms with Crippen LogP contribution in [0.2, 0.25) is 0 Å². The number of fused-ring (bicyclic) bond motifs is 1. The van der Waals surface area contributed by atoms with Gasteiger partial charge in [-0.25, -0.2) is 9.97 Å². The minimum absolute atomic E-state index is 0.744. The zero-order chi connectivity index (χ0) is 14.9. The molecule has 0 radical (unpaired) electrons. The molecule has 0 N–H and O–H groups in total. The molecule has 1 aliphatic heterocycles. The lowest BCUT2D eigenvalue weighted by molar-refractivity contribution is 0.122. The van der Waals surface area contributed by atoms with Crippen molar-refractivity contribution in [2.75, 3.05) is 31.2 Å². The first-order valence-corrected chi connectivity index (χ1v) is 7.55. The predicted molar refractivity (Wildman–Crippen MR) is 86.2 cm³/mol. The van der Waals surface area contributed by atoms with E-state index < -0.39 is 0 Å². The molecule has 4 rings (SSSR count). The van der Waals surface area contributed by atoms with E-state index in [4.69, 9.17) is 4.74 Å². The lowest BCUT2D eigenvalue weighted by atomic mass is 10.1. The molecule has 112 valence electrons. The molecule has 0 unspecified atom stereocenters. The van der Waals surface area contributed by atoms with Crippen LogP contribution in [-0.4, -0.2) is 40.7 Å². The van der Waals surface area contributed by atoms with Crippen molar-refractivity contribution in [1.29, 1.82) is 0 Å². The summed E-state index contributed by atoms with van der Waals surface area (Å²) in [7, 11) is 0. The van der Waals surface area contributed by atoms with Crippen LogP contribution in [0.3, 0.4) is 0 Å². The Kier molecular flexibility index (Phi) is 3.27. The first kappa shape index (κ1) is 13.3. The van der Waals surface area contributed by atoms with Gasteiger partial charge in [0.05, 0.1) is 25.1 Å². The van der Waals surface area contributed by atoms with Crippen molar-refractivity contribution in [3.63, 3.8) is 0 Å². The number of aromatic nitrogens is 3. The second-order valence-corrected chi connectivity index (χ2v) is 5.55. The van der Waals surface area contributed by atoms with Gasteiger partial charge in [0, 0.05) is 31.0 Å². The highest BCUT2D eigenvalue weighted by atomic mass is 16.5. The Morgan fingerprint density at radius 2 is 1.82 bits per heavy atom. The molecule has 0 atom stereocenters. The van der Waals surface area contributed by atoms with Crippen molar-refractivity contribution in [2.24, 2.45) is 0 Å². The molecule has 0 spiro atoms. The van der Waals surface area contributed by atoms with E-state index in [-0.39, 0.29) is 0 Å². The van der Waals surface area contributed by atoms with Crippen LogP contribution in [0.5, 0.6) is 0 Å². The Bertz CT molecular complexity index is 788. The van der Waals surface area contributed by atoms with Crippen molar-refractivity contribution in [3.8, 4) is 11.3 Å². The summed E-state index contributed by atoms with van der Waals surface area (Å²) in [4.78, 5) is 11.4. The summed E-state index contributed by atoms with van der Waals surface area (Å²) in [5.41, 5.74) is 4.41. The fourth-order valence-electron chi connectivity index (χ4n) is 2.84. The van der Waals surface area contributed by atoms with E-state index in [0.717, 1.165) is 49.0 Å². The van der Waals surface area contributed by atoms with E-state index in [2.05, 4.69) is 50.5 Å². The second kappa shape index (κ2) is 5.42. The normalized spacial score (nSPS) is 15.4. The number of ether oxygens (including phenoxy) is 1. The van der Waals surface area contributed by atoms with Crippen molar-refractivity contribution in [1.82, 2.24) is 14.4 Å². The minimum Gasteiger partial charge on any atom is -0.378 e. The molecule has 0 bridgehead atoms. The number of anilines is 1. The van der Waals surface area contributed by atoms with Crippen LogP contribution in [0.15, 0.2) is 42.9 Å². The quantitative estimate of drug-likeness (QED) is 0.728. The third kappa shape index (κ3) is 2.23. The monoisotopic (exact) mass is 294 g/mol. The first-order valence-electron chi connectivity index (χ1n) is 7.55. The zero-order valence-electron chi connectivity index (χ0n) is 12.6. The summed E-state index contributed by atoms with van der Waals surface area (Å²) in [5.74, 6) is 0.934. The largest absolute Gasteiger partial charge is 0.378 e. The topological polar surface area (TPSA) is 42.7 Å². The van der Waals surface area contributed by atoms with Crippen molar-refractivity contribution < 1.29 is 4.74 Å². The molecule has 1 fully saturated rings. The number of aryl methyl sites for hydroxylation is 1. The smallest absolute Gasteiger partial charge is 0.180 e. The molecule has 3 aromatic rings. The van der Waals surface area contributed by atoms with Crippen LogP contribution in [0, 0.1) is 6.92 Å². The molecule has 2 aromatic heterocycles. The standard InChI is InChI=1S/C17H18N4O/c1-13-2-4-14(5-3-13)15-12-19-17-16(18-6-7-21(15)17)20-8-10-22-11-9-20/h2-7,12H,8-11H2,1H3. The van der Waals surface area contributed by atoms with Crippen LogP contribution in [0.25, 0.3) is 16.9 Å². The van der Waals surface area contributed by atoms with Crippen LogP contribution in [0.1, 0.15) is 5.56 Å². The molecule has 0 amide bonds. The molecule has 5 nitrogen and oxygen atoms in total. The van der Waals surface area contributed by atoms with Gasteiger partial charge < -0.3 is 9.64 Å². The van der Waals surface area contributed by atoms with Crippen molar-refractivity contribution in [2.45, 2.75) is 6.92 Å². The van der Waals surface area contributed by atoms with E-state index in [1.165, 1.54) is 5.56 Å². The Hall–Kier alpha value is -2.40. The van der Waals surface area contributed by atoms with Gasteiger partial charge in [0.2, 0.25) is 0 Å². The minimum atomic E-state index is 0.744. The predicted octanol–water partition coefficient (Wildman–Crippen LogP) is 2.54. The highest BCUT2D eigenvalue weighted by Gasteiger charge is 2.17. The molecule has 22 heavy (non-hydrogen) atoms. The number of rotatable bonds is 2. The Labute approximate surface area is 129 Å². The maximum absolute atomic E-state index is 5.42. The highest BCUT2D eigenvalue weighted by molar-refractivity contribution is 5.71. The van der Waals surface area contributed by atoms with Crippen LogP contribution in [-0.2, 0) is 4.74 Å². The van der Waals surface area contributed by atoms with Gasteiger partial charge in [-0.15, -0.1) is 0 Å². The van der Waals surface area contributed by atoms with Gasteiger partial charge in [-0.3, -0.25) is 4.40 Å². The molecule has 1 aromatic carbocycles. The lowest BCUT2D eigenvalue weighted by Crippen LogP contribution is -2.37. The van der Waals surface area contributed by atoms with Crippen LogP contribution < -0.4 is 4.90 Å². The Balaban J connectivity index is 1.80. The Morgan fingerprint density at radius 3 is 2.59 bits per heavy atom. The maximum Gasteiger partial charge on any atom is 0.180 e. The molecular formula is C17H18N4O. The highest BCUT2D eigenvalue weighted by Crippen LogP contribution is 2.25. The summed E-state index contributed by atoms with van der Waals surface area (Å²) in [6.45, 7) is 5.31. The summed E-state index contributed by atoms with van der Waals surface area (Å²) >= 11 is 0. The number of nitrogens with zero attached hydrogens (tertiary/aromatic N) is 4. The zero-order valence-corrected chi connectivity index (χ0v) is 12.6. The molecule has 1 aliphatic rings. The third-order valence-corrected chi connectivity index (χ3v) is 4.07. The summed E-state index contributed by atoms with van der Waals surface area (Å²) in [6.07, 6.45) is 5.74. The van der Waals surface area contributed by atoms with E-state index in [1.54, 1.807) is 0 Å². The van der Waals surface area contributed by atoms with Crippen molar-refractivity contribution >= 4 is 11.5 Å². The van der Waals surface area contributed by atoms with Gasteiger partial charge in [0.1, 0.15) is 0 Å². The van der Waals surface area contributed by atoms with Gasteiger partial charge in [-0.05, 0) is 6.92 Å². The molecule has 5 heteroatoms. The van der Waals surface area contributed by atoms with Crippen LogP contribution in [0.4, 0.5) is 5.82 Å². The number of morpholine rings is 1. The number of benzene rings is 1. The molecular weight excluding hydrogens is 276 g/mol. The first-order chi connectivity index (χ1) is 10.8. The number of hydrogen-bond donors (Lipinski definition) is 0. The molecule has 1 saturated heterocycles. The Morgan fingerprint density at radius 1 is 1.05 bits per heavy atom. The fraction of sp³-hybridized carbons (Fsp3) is 0.294. The van der Waals surface area contributed by atoms with Gasteiger partial charge in [0.15, 0.2) is 11.5 Å². The van der Waals surface area contributed by atoms with E-state index >= 15 is 0 Å². The number of imidazole rings is 1. The third-order valence-electron chi connectivity index (χ3n) is 4.07. The van der Waals surface area contributed by atoms with Gasteiger partial charge in [-0.1, -0.05) is 29.8 Å². The fourth-order valence-corrected chi connectivity index (χ4v) is 2.84. The maximum atomic E-state index is 5.42. The van der Waals surface area contributed by atoms with Crippen LogP contribution >= 0.6 is 0 Å².